The summed E-state index contributed by atoms with van der Waals surface area (Å²) in [6.07, 6.45) is 0. The van der Waals surface area contributed by atoms with Crippen molar-refractivity contribution in [3.63, 3.8) is 0 Å². The van der Waals surface area contributed by atoms with Gasteiger partial charge in [-0.2, -0.15) is 0 Å². The van der Waals surface area contributed by atoms with Gasteiger partial charge in [0, 0.05) is 17.7 Å². The number of carbonyl (C=O) groups excluding carboxylic acids is 1. The Bertz CT molecular complexity index is 415. The first-order chi connectivity index (χ1) is 7.87. The monoisotopic (exact) mass is 239 g/mol. The highest BCUT2D eigenvalue weighted by atomic mass is 16.3. The molecule has 4 N–H and O–H groups in total. The average Bonchev–Trinajstić information content (AvgIpc) is 2.30. The number of nitrogens with one attached hydrogen (secondary N) is 1. The van der Waals surface area contributed by atoms with Crippen molar-refractivity contribution in [3.8, 4) is 5.75 Å². The Hall–Kier alpha value is -1.59. The van der Waals surface area contributed by atoms with E-state index in [-0.39, 0.29) is 12.3 Å². The number of rotatable bonds is 4. The van der Waals surface area contributed by atoms with Crippen molar-refractivity contribution in [2.45, 2.75) is 19.4 Å². The lowest BCUT2D eigenvalue weighted by Crippen LogP contribution is -2.43. The summed E-state index contributed by atoms with van der Waals surface area (Å²) < 4.78 is 0. The largest absolute Gasteiger partial charge is 0.508 e. The predicted octanol–water partition coefficient (Wildman–Crippen LogP) is 0.174. The molecule has 17 heavy (non-hydrogen) atoms. The zero-order valence-electron chi connectivity index (χ0n) is 9.90. The predicted molar refractivity (Wildman–Crippen MR) is 62.9 cm³/mol. The van der Waals surface area contributed by atoms with Crippen LogP contribution in [0.25, 0.3) is 0 Å². The fourth-order valence-electron chi connectivity index (χ4n) is 1.29. The van der Waals surface area contributed by atoms with Crippen LogP contribution in [0, 0.1) is 6.92 Å². The van der Waals surface area contributed by atoms with Gasteiger partial charge in [0.15, 0.2) is 0 Å². The van der Waals surface area contributed by atoms with E-state index in [1.165, 1.54) is 13.0 Å². The van der Waals surface area contributed by atoms with Crippen LogP contribution in [-0.4, -0.2) is 40.0 Å². The molecular formula is C12H17NO4. The van der Waals surface area contributed by atoms with E-state index in [1.807, 2.05) is 0 Å². The van der Waals surface area contributed by atoms with Gasteiger partial charge in [-0.1, -0.05) is 6.07 Å². The van der Waals surface area contributed by atoms with E-state index in [2.05, 4.69) is 5.32 Å². The van der Waals surface area contributed by atoms with Crippen LogP contribution in [0.5, 0.6) is 5.75 Å². The van der Waals surface area contributed by atoms with E-state index in [0.717, 1.165) is 0 Å². The van der Waals surface area contributed by atoms with E-state index in [1.54, 1.807) is 19.1 Å². The summed E-state index contributed by atoms with van der Waals surface area (Å²) in [6, 6.07) is 4.65. The van der Waals surface area contributed by atoms with Gasteiger partial charge in [0.05, 0.1) is 6.61 Å². The maximum Gasteiger partial charge on any atom is 0.251 e. The molecule has 1 aromatic rings. The van der Waals surface area contributed by atoms with E-state index in [9.17, 15) is 15.0 Å². The normalized spacial score (nSPS) is 14.1. The summed E-state index contributed by atoms with van der Waals surface area (Å²) in [5.74, 6) is -0.348. The van der Waals surface area contributed by atoms with Gasteiger partial charge in [0.2, 0.25) is 0 Å². The van der Waals surface area contributed by atoms with Gasteiger partial charge in [-0.05, 0) is 26.0 Å². The highest BCUT2D eigenvalue weighted by Crippen LogP contribution is 2.19. The molecule has 0 bridgehead atoms. The molecule has 1 unspecified atom stereocenters. The lowest BCUT2D eigenvalue weighted by Gasteiger charge is -2.20. The first-order valence-corrected chi connectivity index (χ1v) is 5.27. The standard InChI is InChI=1S/C12H17NO4/c1-8-9(4-3-5-10(8)15)11(16)13-6-12(2,17)7-14/h3-5,14-15,17H,6-7H2,1-2H3,(H,13,16). The van der Waals surface area contributed by atoms with Crippen LogP contribution in [0.3, 0.4) is 0 Å². The van der Waals surface area contributed by atoms with Gasteiger partial charge < -0.3 is 20.6 Å². The topological polar surface area (TPSA) is 89.8 Å². The summed E-state index contributed by atoms with van der Waals surface area (Å²) >= 11 is 0. The second-order valence-corrected chi connectivity index (χ2v) is 4.29. The minimum absolute atomic E-state index is 0.0477. The van der Waals surface area contributed by atoms with Crippen LogP contribution in [0.15, 0.2) is 18.2 Å². The van der Waals surface area contributed by atoms with Crippen LogP contribution >= 0.6 is 0 Å². The number of hydrogen-bond donors (Lipinski definition) is 4. The Labute approximate surface area is 99.7 Å². The molecule has 0 fully saturated rings. The molecule has 0 heterocycles. The summed E-state index contributed by atoms with van der Waals surface area (Å²) in [7, 11) is 0. The third-order valence-electron chi connectivity index (χ3n) is 2.52. The van der Waals surface area contributed by atoms with Gasteiger partial charge in [-0.25, -0.2) is 0 Å². The molecule has 1 amide bonds. The van der Waals surface area contributed by atoms with Crippen molar-refractivity contribution in [3.05, 3.63) is 29.3 Å². The van der Waals surface area contributed by atoms with Crippen molar-refractivity contribution in [1.29, 1.82) is 0 Å². The van der Waals surface area contributed by atoms with Crippen molar-refractivity contribution in [1.82, 2.24) is 5.32 Å². The first-order valence-electron chi connectivity index (χ1n) is 5.27. The fraction of sp³-hybridized carbons (Fsp3) is 0.417. The van der Waals surface area contributed by atoms with Crippen molar-refractivity contribution < 1.29 is 20.1 Å². The molecule has 1 atom stereocenters. The molecule has 1 rings (SSSR count). The Morgan fingerprint density at radius 1 is 1.47 bits per heavy atom. The number of benzene rings is 1. The minimum atomic E-state index is -1.35. The first kappa shape index (κ1) is 13.5. The maximum absolute atomic E-state index is 11.8. The van der Waals surface area contributed by atoms with Crippen molar-refractivity contribution in [2.24, 2.45) is 0 Å². The molecule has 1 aromatic carbocycles. The SMILES string of the molecule is Cc1c(O)cccc1C(=O)NCC(C)(O)CO. The summed E-state index contributed by atoms with van der Waals surface area (Å²) in [4.78, 5) is 11.8. The lowest BCUT2D eigenvalue weighted by atomic mass is 10.1. The molecule has 0 aliphatic carbocycles. The second kappa shape index (κ2) is 5.16. The molecule has 5 heteroatoms. The number of amides is 1. The minimum Gasteiger partial charge on any atom is -0.508 e. The summed E-state index contributed by atoms with van der Waals surface area (Å²) in [5.41, 5.74) is -0.521. The van der Waals surface area contributed by atoms with Crippen molar-refractivity contribution >= 4 is 5.91 Å². The van der Waals surface area contributed by atoms with Gasteiger partial charge in [0.25, 0.3) is 5.91 Å². The summed E-state index contributed by atoms with van der Waals surface area (Å²) in [6.45, 7) is 2.56. The molecule has 0 saturated heterocycles. The van der Waals surface area contributed by atoms with E-state index < -0.39 is 18.1 Å². The second-order valence-electron chi connectivity index (χ2n) is 4.29. The number of phenols is 1. The van der Waals surface area contributed by atoms with Crippen LogP contribution in [-0.2, 0) is 0 Å². The molecule has 94 valence electrons. The molecule has 5 nitrogen and oxygen atoms in total. The molecule has 0 aliphatic rings. The van der Waals surface area contributed by atoms with Crippen LogP contribution in [0.4, 0.5) is 0 Å². The number of aliphatic hydroxyl groups is 2. The highest BCUT2D eigenvalue weighted by molar-refractivity contribution is 5.96. The Morgan fingerprint density at radius 3 is 2.71 bits per heavy atom. The third kappa shape index (κ3) is 3.44. The summed E-state index contributed by atoms with van der Waals surface area (Å²) in [5, 5.41) is 30.3. The van der Waals surface area contributed by atoms with E-state index in [0.29, 0.717) is 11.1 Å². The van der Waals surface area contributed by atoms with Gasteiger partial charge in [-0.15, -0.1) is 0 Å². The molecule has 0 aromatic heterocycles. The highest BCUT2D eigenvalue weighted by Gasteiger charge is 2.20. The number of carbonyl (C=O) groups is 1. The molecule has 0 spiro atoms. The average molecular weight is 239 g/mol. The van der Waals surface area contributed by atoms with Gasteiger partial charge in [0.1, 0.15) is 11.4 Å². The Balaban J connectivity index is 2.74. The Morgan fingerprint density at radius 2 is 2.12 bits per heavy atom. The lowest BCUT2D eigenvalue weighted by molar-refractivity contribution is 0.00319. The quantitative estimate of drug-likeness (QED) is 0.603. The van der Waals surface area contributed by atoms with Crippen molar-refractivity contribution in [2.75, 3.05) is 13.2 Å². The fourth-order valence-corrected chi connectivity index (χ4v) is 1.29. The maximum atomic E-state index is 11.8. The smallest absolute Gasteiger partial charge is 0.251 e. The molecule has 0 aliphatic heterocycles. The van der Waals surface area contributed by atoms with Crippen LogP contribution in [0.2, 0.25) is 0 Å². The zero-order chi connectivity index (χ0) is 13.1. The molecule has 0 saturated carbocycles. The number of aromatic hydroxyl groups is 1. The van der Waals surface area contributed by atoms with Crippen LogP contribution in [0.1, 0.15) is 22.8 Å². The Kier molecular flexibility index (Phi) is 4.09. The number of phenolic OH excluding ortho intramolecular Hbond substituents is 1. The molecular weight excluding hydrogens is 222 g/mol. The van der Waals surface area contributed by atoms with E-state index >= 15 is 0 Å². The third-order valence-corrected chi connectivity index (χ3v) is 2.52. The van der Waals surface area contributed by atoms with Gasteiger partial charge >= 0.3 is 0 Å². The van der Waals surface area contributed by atoms with Gasteiger partial charge in [-0.3, -0.25) is 4.79 Å². The number of hydrogen-bond acceptors (Lipinski definition) is 4. The zero-order valence-corrected chi connectivity index (χ0v) is 9.90. The molecule has 0 radical (unpaired) electrons. The van der Waals surface area contributed by atoms with Crippen LogP contribution < -0.4 is 5.32 Å². The number of aliphatic hydroxyl groups excluding tert-OH is 1. The van der Waals surface area contributed by atoms with E-state index in [4.69, 9.17) is 5.11 Å².